The van der Waals surface area contributed by atoms with Gasteiger partial charge in [0.1, 0.15) is 21.7 Å². The molecule has 4 rings (SSSR count). The fraction of sp³-hybridized carbons (Fsp3) is 0.0870. The summed E-state index contributed by atoms with van der Waals surface area (Å²) in [5, 5.41) is 24.1. The van der Waals surface area contributed by atoms with Crippen molar-refractivity contribution >= 4 is 44.9 Å². The van der Waals surface area contributed by atoms with Crippen LogP contribution in [0.15, 0.2) is 64.4 Å². The number of thiophene rings is 1. The number of nitrogens with zero attached hydrogens (tertiary/aromatic N) is 1. The third-order valence-electron chi connectivity index (χ3n) is 4.79. The van der Waals surface area contributed by atoms with Crippen molar-refractivity contribution in [2.75, 3.05) is 11.9 Å². The van der Waals surface area contributed by atoms with Crippen molar-refractivity contribution in [3.63, 3.8) is 0 Å². The Kier molecular flexibility index (Phi) is 6.01. The molecular weight excluding hydrogens is 446 g/mol. The number of non-ortho nitro benzene ring substituents is 1. The first-order valence-electron chi connectivity index (χ1n) is 9.81. The molecular formula is C23H17N3O6S. The Morgan fingerprint density at radius 1 is 1.18 bits per heavy atom. The monoisotopic (exact) mass is 463 g/mol. The highest BCUT2D eigenvalue weighted by molar-refractivity contribution is 7.15. The van der Waals surface area contributed by atoms with E-state index in [4.69, 9.17) is 14.6 Å². The summed E-state index contributed by atoms with van der Waals surface area (Å²) in [6, 6.07) is 14.4. The van der Waals surface area contributed by atoms with Gasteiger partial charge >= 0.3 is 5.97 Å². The molecule has 0 atom stereocenters. The number of hydrogen-bond acceptors (Lipinski definition) is 8. The van der Waals surface area contributed by atoms with Gasteiger partial charge in [0.2, 0.25) is 5.55 Å². The Labute approximate surface area is 190 Å². The third-order valence-corrected chi connectivity index (χ3v) is 5.68. The van der Waals surface area contributed by atoms with Gasteiger partial charge in [0.05, 0.1) is 11.5 Å². The average molecular weight is 463 g/mol. The molecule has 33 heavy (non-hydrogen) atoms. The van der Waals surface area contributed by atoms with Gasteiger partial charge in [-0.05, 0) is 24.6 Å². The SMILES string of the molecule is CCOC(=O)c1c(-c2ccccc2)csc1NC(=O)c1cc2cc([N+](=O)[O-])ccc2oc1=N. The van der Waals surface area contributed by atoms with Crippen LogP contribution in [0.25, 0.3) is 22.1 Å². The van der Waals surface area contributed by atoms with Crippen LogP contribution < -0.4 is 10.9 Å². The lowest BCUT2D eigenvalue weighted by Crippen LogP contribution is -2.21. The smallest absolute Gasteiger partial charge is 0.341 e. The van der Waals surface area contributed by atoms with E-state index < -0.39 is 22.4 Å². The Morgan fingerprint density at radius 2 is 1.94 bits per heavy atom. The van der Waals surface area contributed by atoms with E-state index in [-0.39, 0.29) is 34.0 Å². The number of rotatable bonds is 6. The van der Waals surface area contributed by atoms with Gasteiger partial charge in [-0.15, -0.1) is 11.3 Å². The van der Waals surface area contributed by atoms with E-state index in [0.717, 1.165) is 16.9 Å². The maximum Gasteiger partial charge on any atom is 0.341 e. The summed E-state index contributed by atoms with van der Waals surface area (Å²) in [7, 11) is 0. The molecule has 0 fully saturated rings. The molecule has 2 aromatic heterocycles. The zero-order valence-electron chi connectivity index (χ0n) is 17.3. The molecule has 2 N–H and O–H groups in total. The Morgan fingerprint density at radius 3 is 2.64 bits per heavy atom. The predicted molar refractivity (Wildman–Crippen MR) is 122 cm³/mol. The fourth-order valence-corrected chi connectivity index (χ4v) is 4.22. The van der Waals surface area contributed by atoms with E-state index in [0.29, 0.717) is 10.9 Å². The lowest BCUT2D eigenvalue weighted by Gasteiger charge is -2.09. The third kappa shape index (κ3) is 4.37. The van der Waals surface area contributed by atoms with Gasteiger partial charge in [-0.3, -0.25) is 20.3 Å². The quantitative estimate of drug-likeness (QED) is 0.235. The van der Waals surface area contributed by atoms with E-state index in [1.165, 1.54) is 24.3 Å². The van der Waals surface area contributed by atoms with E-state index >= 15 is 0 Å². The molecule has 0 aliphatic carbocycles. The highest BCUT2D eigenvalue weighted by atomic mass is 32.1. The second-order valence-electron chi connectivity index (χ2n) is 6.86. The molecule has 1 amide bonds. The first-order chi connectivity index (χ1) is 15.9. The molecule has 0 aliphatic heterocycles. The molecule has 4 aromatic rings. The predicted octanol–water partition coefficient (Wildman–Crippen LogP) is 4.98. The van der Waals surface area contributed by atoms with Crippen molar-refractivity contribution in [2.24, 2.45) is 0 Å². The van der Waals surface area contributed by atoms with Crippen LogP contribution in [0.1, 0.15) is 27.6 Å². The lowest BCUT2D eigenvalue weighted by molar-refractivity contribution is -0.384. The molecule has 9 nitrogen and oxygen atoms in total. The van der Waals surface area contributed by atoms with Crippen molar-refractivity contribution in [3.8, 4) is 11.1 Å². The highest BCUT2D eigenvalue weighted by Gasteiger charge is 2.24. The summed E-state index contributed by atoms with van der Waals surface area (Å²) in [5.41, 5.74) is 1.12. The summed E-state index contributed by atoms with van der Waals surface area (Å²) in [5.74, 6) is -1.28. The summed E-state index contributed by atoms with van der Waals surface area (Å²) in [6.07, 6.45) is 0. The molecule has 0 bridgehead atoms. The number of ether oxygens (including phenoxy) is 1. The van der Waals surface area contributed by atoms with Gasteiger partial charge in [0.15, 0.2) is 0 Å². The van der Waals surface area contributed by atoms with Gasteiger partial charge in [-0.1, -0.05) is 30.3 Å². The number of fused-ring (bicyclic) bond motifs is 1. The number of amides is 1. The standard InChI is InChI=1S/C23H17N3O6S/c1-2-31-23(28)19-17(13-6-4-3-5-7-13)12-33-22(19)25-21(27)16-11-14-10-15(26(29)30)8-9-18(14)32-20(16)24/h3-12,24H,2H2,1H3,(H,25,27). The van der Waals surface area contributed by atoms with E-state index in [1.54, 1.807) is 12.3 Å². The average Bonchev–Trinajstić information content (AvgIpc) is 3.22. The second-order valence-corrected chi connectivity index (χ2v) is 7.74. The second kappa shape index (κ2) is 9.05. The minimum Gasteiger partial charge on any atom is -0.462 e. The summed E-state index contributed by atoms with van der Waals surface area (Å²) in [4.78, 5) is 36.2. The topological polar surface area (TPSA) is 136 Å². The Balaban J connectivity index is 1.74. The number of hydrogen-bond donors (Lipinski definition) is 2. The molecule has 10 heteroatoms. The van der Waals surface area contributed by atoms with Gasteiger partial charge in [-0.2, -0.15) is 0 Å². The molecule has 2 aromatic carbocycles. The van der Waals surface area contributed by atoms with Crippen LogP contribution in [0.2, 0.25) is 0 Å². The fourth-order valence-electron chi connectivity index (χ4n) is 3.27. The van der Waals surface area contributed by atoms with Crippen LogP contribution in [-0.4, -0.2) is 23.4 Å². The molecule has 166 valence electrons. The largest absolute Gasteiger partial charge is 0.462 e. The molecule has 0 spiro atoms. The van der Waals surface area contributed by atoms with E-state index in [2.05, 4.69) is 5.32 Å². The number of esters is 1. The normalized spacial score (nSPS) is 10.7. The summed E-state index contributed by atoms with van der Waals surface area (Å²) >= 11 is 1.15. The van der Waals surface area contributed by atoms with Crippen molar-refractivity contribution < 1.29 is 23.7 Å². The van der Waals surface area contributed by atoms with Crippen molar-refractivity contribution in [1.82, 2.24) is 0 Å². The minimum absolute atomic E-state index is 0.132. The number of nitro benzene ring substituents is 1. The Bertz CT molecular complexity index is 1440. The number of carbonyl (C=O) groups is 2. The number of nitro groups is 1. The summed E-state index contributed by atoms with van der Waals surface area (Å²) < 4.78 is 10.6. The Hall–Kier alpha value is -4.31. The number of nitrogens with one attached hydrogen (secondary N) is 2. The molecule has 0 saturated heterocycles. The molecule has 0 radical (unpaired) electrons. The van der Waals surface area contributed by atoms with Crippen LogP contribution in [0, 0.1) is 15.5 Å². The molecule has 0 aliphatic rings. The summed E-state index contributed by atoms with van der Waals surface area (Å²) in [6.45, 7) is 1.85. The van der Waals surface area contributed by atoms with Crippen LogP contribution in [0.3, 0.4) is 0 Å². The van der Waals surface area contributed by atoms with Crippen molar-refractivity contribution in [2.45, 2.75) is 6.92 Å². The van der Waals surface area contributed by atoms with Crippen LogP contribution in [0.5, 0.6) is 0 Å². The minimum atomic E-state index is -0.691. The van der Waals surface area contributed by atoms with Crippen molar-refractivity contribution in [1.29, 1.82) is 5.41 Å². The molecule has 0 saturated carbocycles. The van der Waals surface area contributed by atoms with Crippen LogP contribution >= 0.6 is 11.3 Å². The van der Waals surface area contributed by atoms with Crippen LogP contribution in [0.4, 0.5) is 10.7 Å². The van der Waals surface area contributed by atoms with Gasteiger partial charge in [0, 0.05) is 28.5 Å². The lowest BCUT2D eigenvalue weighted by atomic mass is 10.0. The maximum atomic E-state index is 13.0. The van der Waals surface area contributed by atoms with Gasteiger partial charge < -0.3 is 14.5 Å². The first kappa shape index (κ1) is 21.9. The highest BCUT2D eigenvalue weighted by Crippen LogP contribution is 2.36. The molecule has 0 unspecified atom stereocenters. The van der Waals surface area contributed by atoms with Crippen LogP contribution in [-0.2, 0) is 4.74 Å². The van der Waals surface area contributed by atoms with E-state index in [9.17, 15) is 19.7 Å². The number of anilines is 1. The zero-order chi connectivity index (χ0) is 23.5. The number of carbonyl (C=O) groups excluding carboxylic acids is 2. The van der Waals surface area contributed by atoms with E-state index in [1.807, 2.05) is 30.3 Å². The van der Waals surface area contributed by atoms with Gasteiger partial charge in [0.25, 0.3) is 11.6 Å². The number of benzene rings is 2. The van der Waals surface area contributed by atoms with Gasteiger partial charge in [-0.25, -0.2) is 4.79 Å². The van der Waals surface area contributed by atoms with Crippen molar-refractivity contribution in [3.05, 3.63) is 86.8 Å². The zero-order valence-corrected chi connectivity index (χ0v) is 18.1. The molecule has 2 heterocycles. The first-order valence-corrected chi connectivity index (χ1v) is 10.7. The maximum absolute atomic E-state index is 13.0.